The van der Waals surface area contributed by atoms with Crippen molar-refractivity contribution in [1.82, 2.24) is 5.32 Å². The van der Waals surface area contributed by atoms with E-state index in [0.717, 1.165) is 68.7 Å². The number of hydrogen-bond acceptors (Lipinski definition) is 3. The molecule has 3 aliphatic rings. The average Bonchev–Trinajstić information content (AvgIpc) is 2.90. The smallest absolute Gasteiger partial charge is 0.227 e. The van der Waals surface area contributed by atoms with Crippen molar-refractivity contribution in [3.63, 3.8) is 0 Å². The van der Waals surface area contributed by atoms with Crippen LogP contribution in [-0.2, 0) is 14.9 Å². The molecule has 0 unspecified atom stereocenters. The maximum absolute atomic E-state index is 13.1. The molecule has 0 aromatic heterocycles. The van der Waals surface area contributed by atoms with E-state index in [0.29, 0.717) is 18.2 Å². The van der Waals surface area contributed by atoms with Gasteiger partial charge >= 0.3 is 0 Å². The molecule has 24 heavy (non-hydrogen) atoms. The van der Waals surface area contributed by atoms with Crippen LogP contribution in [0.5, 0.6) is 0 Å². The van der Waals surface area contributed by atoms with Crippen molar-refractivity contribution in [3.8, 4) is 0 Å². The second kappa shape index (κ2) is 6.77. The van der Waals surface area contributed by atoms with Crippen molar-refractivity contribution in [2.24, 2.45) is 5.92 Å². The molecule has 5 heteroatoms. The van der Waals surface area contributed by atoms with E-state index in [2.05, 4.69) is 44.3 Å². The fraction of sp³-hybridized carbons (Fsp3) is 0.632. The molecule has 1 N–H and O–H groups in total. The van der Waals surface area contributed by atoms with Gasteiger partial charge in [-0.05, 0) is 62.4 Å². The molecule has 3 heterocycles. The average molecular weight is 393 g/mol. The molecule has 3 aliphatic heterocycles. The third-order valence-electron chi connectivity index (χ3n) is 5.96. The third kappa shape index (κ3) is 3.02. The molecule has 0 radical (unpaired) electrons. The summed E-state index contributed by atoms with van der Waals surface area (Å²) in [5.41, 5.74) is 2.55. The molecule has 0 saturated carbocycles. The van der Waals surface area contributed by atoms with E-state index in [4.69, 9.17) is 4.74 Å². The normalized spacial score (nSPS) is 23.5. The first-order valence-electron chi connectivity index (χ1n) is 9.07. The van der Waals surface area contributed by atoms with Crippen LogP contribution >= 0.6 is 15.9 Å². The molecule has 4 nitrogen and oxygen atoms in total. The van der Waals surface area contributed by atoms with Crippen LogP contribution in [0.4, 0.5) is 5.69 Å². The van der Waals surface area contributed by atoms with Crippen LogP contribution in [0.1, 0.15) is 37.7 Å². The van der Waals surface area contributed by atoms with Crippen molar-refractivity contribution in [1.29, 1.82) is 0 Å². The van der Waals surface area contributed by atoms with Gasteiger partial charge in [-0.1, -0.05) is 22.0 Å². The number of anilines is 1. The lowest BCUT2D eigenvalue weighted by Crippen LogP contribution is -2.41. The Morgan fingerprint density at radius 2 is 2.04 bits per heavy atom. The second-order valence-corrected chi connectivity index (χ2v) is 8.35. The molecule has 2 saturated heterocycles. The molecular formula is C19H25BrN2O2. The molecule has 130 valence electrons. The molecule has 1 aromatic rings. The van der Waals surface area contributed by atoms with Crippen LogP contribution in [0.25, 0.3) is 0 Å². The van der Waals surface area contributed by atoms with E-state index in [-0.39, 0.29) is 5.41 Å². The topological polar surface area (TPSA) is 41.6 Å². The van der Waals surface area contributed by atoms with Crippen molar-refractivity contribution >= 4 is 27.5 Å². The summed E-state index contributed by atoms with van der Waals surface area (Å²) in [4.78, 5) is 15.1. The van der Waals surface area contributed by atoms with Crippen LogP contribution in [0, 0.1) is 5.92 Å². The first-order valence-corrected chi connectivity index (χ1v) is 9.86. The molecule has 0 aliphatic carbocycles. The van der Waals surface area contributed by atoms with Crippen LogP contribution in [0.2, 0.25) is 0 Å². The second-order valence-electron chi connectivity index (χ2n) is 7.43. The zero-order valence-corrected chi connectivity index (χ0v) is 15.6. The van der Waals surface area contributed by atoms with E-state index >= 15 is 0 Å². The standard InChI is InChI=1S/C19H25BrN2O2/c20-15-1-2-16-17(12-15)22(13-19(16)5-9-24-10-6-19)18(23)11-14-3-7-21-8-4-14/h1-2,12,14,21H,3-11,13H2. The predicted molar refractivity (Wildman–Crippen MR) is 98.4 cm³/mol. The van der Waals surface area contributed by atoms with Gasteiger partial charge in [-0.2, -0.15) is 0 Å². The number of piperidine rings is 1. The van der Waals surface area contributed by atoms with Crippen molar-refractivity contribution in [3.05, 3.63) is 28.2 Å². The zero-order chi connectivity index (χ0) is 16.6. The quantitative estimate of drug-likeness (QED) is 0.839. The Morgan fingerprint density at radius 3 is 2.79 bits per heavy atom. The van der Waals surface area contributed by atoms with Gasteiger partial charge in [0.15, 0.2) is 0 Å². The minimum absolute atomic E-state index is 0.0953. The van der Waals surface area contributed by atoms with E-state index < -0.39 is 0 Å². The first-order chi connectivity index (χ1) is 11.7. The van der Waals surface area contributed by atoms with Gasteiger partial charge in [0.25, 0.3) is 0 Å². The number of nitrogens with zero attached hydrogens (tertiary/aromatic N) is 1. The SMILES string of the molecule is O=C(CC1CCNCC1)N1CC2(CCOCC2)c2ccc(Br)cc21. The van der Waals surface area contributed by atoms with Gasteiger partial charge in [0.05, 0.1) is 0 Å². The summed E-state index contributed by atoms with van der Waals surface area (Å²) in [6.07, 6.45) is 4.94. The Bertz CT molecular complexity index is 622. The highest BCUT2D eigenvalue weighted by Gasteiger charge is 2.45. The summed E-state index contributed by atoms with van der Waals surface area (Å²) < 4.78 is 6.64. The van der Waals surface area contributed by atoms with Gasteiger partial charge < -0.3 is 15.0 Å². The summed E-state index contributed by atoms with van der Waals surface area (Å²) in [5.74, 6) is 0.824. The monoisotopic (exact) mass is 392 g/mol. The molecule has 1 aromatic carbocycles. The van der Waals surface area contributed by atoms with Crippen LogP contribution < -0.4 is 10.2 Å². The minimum Gasteiger partial charge on any atom is -0.381 e. The van der Waals surface area contributed by atoms with Crippen molar-refractivity contribution in [2.45, 2.75) is 37.5 Å². The van der Waals surface area contributed by atoms with Gasteiger partial charge in [-0.15, -0.1) is 0 Å². The Morgan fingerprint density at radius 1 is 1.29 bits per heavy atom. The highest BCUT2D eigenvalue weighted by molar-refractivity contribution is 9.10. The predicted octanol–water partition coefficient (Wildman–Crippen LogP) is 3.23. The fourth-order valence-electron chi connectivity index (χ4n) is 4.50. The first kappa shape index (κ1) is 16.6. The number of carbonyl (C=O) groups is 1. The lowest BCUT2D eigenvalue weighted by atomic mass is 9.76. The van der Waals surface area contributed by atoms with Gasteiger partial charge in [-0.3, -0.25) is 4.79 Å². The Labute approximate surface area is 152 Å². The van der Waals surface area contributed by atoms with E-state index in [1.807, 2.05) is 0 Å². The highest BCUT2D eigenvalue weighted by atomic mass is 79.9. The molecule has 1 spiro atoms. The van der Waals surface area contributed by atoms with Crippen molar-refractivity contribution < 1.29 is 9.53 Å². The molecule has 2 fully saturated rings. The Hall–Kier alpha value is -0.910. The largest absolute Gasteiger partial charge is 0.381 e. The maximum Gasteiger partial charge on any atom is 0.227 e. The number of carbonyl (C=O) groups excluding carboxylic acids is 1. The minimum atomic E-state index is 0.0953. The number of rotatable bonds is 2. The molecule has 0 atom stereocenters. The van der Waals surface area contributed by atoms with Crippen LogP contribution in [0.15, 0.2) is 22.7 Å². The summed E-state index contributed by atoms with van der Waals surface area (Å²) in [6, 6.07) is 6.44. The number of nitrogens with one attached hydrogen (secondary N) is 1. The highest BCUT2D eigenvalue weighted by Crippen LogP contribution is 2.47. The van der Waals surface area contributed by atoms with Gasteiger partial charge in [0, 0.05) is 41.8 Å². The summed E-state index contributed by atoms with van der Waals surface area (Å²) in [6.45, 7) is 4.51. The lowest BCUT2D eigenvalue weighted by molar-refractivity contribution is -0.119. The number of ether oxygens (including phenoxy) is 1. The van der Waals surface area contributed by atoms with Gasteiger partial charge in [0.2, 0.25) is 5.91 Å². The van der Waals surface area contributed by atoms with E-state index in [1.54, 1.807) is 0 Å². The van der Waals surface area contributed by atoms with Crippen LogP contribution in [0.3, 0.4) is 0 Å². The fourth-order valence-corrected chi connectivity index (χ4v) is 4.85. The maximum atomic E-state index is 13.1. The van der Waals surface area contributed by atoms with Crippen molar-refractivity contribution in [2.75, 3.05) is 37.7 Å². The molecular weight excluding hydrogens is 368 g/mol. The third-order valence-corrected chi connectivity index (χ3v) is 6.45. The number of hydrogen-bond donors (Lipinski definition) is 1. The number of benzene rings is 1. The molecule has 0 bridgehead atoms. The van der Waals surface area contributed by atoms with Gasteiger partial charge in [-0.25, -0.2) is 0 Å². The lowest BCUT2D eigenvalue weighted by Gasteiger charge is -2.34. The summed E-state index contributed by atoms with van der Waals surface area (Å²) >= 11 is 3.58. The zero-order valence-electron chi connectivity index (χ0n) is 14.0. The van der Waals surface area contributed by atoms with Gasteiger partial charge in [0.1, 0.15) is 0 Å². The number of halogens is 1. The molecule has 1 amide bonds. The number of fused-ring (bicyclic) bond motifs is 2. The molecule has 4 rings (SSSR count). The van der Waals surface area contributed by atoms with E-state index in [1.165, 1.54) is 5.56 Å². The van der Waals surface area contributed by atoms with Crippen LogP contribution in [-0.4, -0.2) is 38.8 Å². The Balaban J connectivity index is 1.59. The summed E-state index contributed by atoms with van der Waals surface area (Å²) in [7, 11) is 0. The summed E-state index contributed by atoms with van der Waals surface area (Å²) in [5, 5.41) is 3.38. The number of amides is 1. The van der Waals surface area contributed by atoms with E-state index in [9.17, 15) is 4.79 Å². The Kier molecular flexibility index (Phi) is 4.67.